The van der Waals surface area contributed by atoms with Gasteiger partial charge in [0.1, 0.15) is 41.8 Å². The first-order chi connectivity index (χ1) is 12.3. The Labute approximate surface area is 147 Å². The van der Waals surface area contributed by atoms with Crippen LogP contribution in [0.2, 0.25) is 0 Å². The van der Waals surface area contributed by atoms with E-state index in [0.29, 0.717) is 11.7 Å². The average molecular weight is 365 g/mol. The molecule has 0 aliphatic carbocycles. The van der Waals surface area contributed by atoms with Gasteiger partial charge in [-0.2, -0.15) is 0 Å². The van der Waals surface area contributed by atoms with Crippen molar-refractivity contribution in [2.45, 2.75) is 31.3 Å². The standard InChI is InChI=1S/C17H19NO8/c1-8(21)11-4-9-2-3-10(5-14(9)26-17(11)25)18-12(6-19)15(23)16(24)13(22)7-20/h2-6,12-13,15-16,18,20,22-24H,7H2,1H3/t12-,13+,15+,16+/m0/s1. The predicted molar refractivity (Wildman–Crippen MR) is 91.1 cm³/mol. The number of benzene rings is 1. The number of Topliss-reactive ketones (excluding diaryl/α,β-unsaturated/α-hetero) is 1. The molecular weight excluding hydrogens is 346 g/mol. The molecule has 1 aromatic heterocycles. The zero-order valence-electron chi connectivity index (χ0n) is 13.8. The van der Waals surface area contributed by atoms with Gasteiger partial charge in [0.2, 0.25) is 0 Å². The smallest absolute Gasteiger partial charge is 0.347 e. The second kappa shape index (κ2) is 8.19. The maximum Gasteiger partial charge on any atom is 0.347 e. The molecule has 26 heavy (non-hydrogen) atoms. The van der Waals surface area contributed by atoms with Crippen LogP contribution >= 0.6 is 0 Å². The highest BCUT2D eigenvalue weighted by Crippen LogP contribution is 2.20. The Kier molecular flexibility index (Phi) is 6.22. The minimum Gasteiger partial charge on any atom is -0.422 e. The number of anilines is 1. The molecule has 0 unspecified atom stereocenters. The molecule has 1 aromatic carbocycles. The summed E-state index contributed by atoms with van der Waals surface area (Å²) in [5, 5.41) is 41.0. The highest BCUT2D eigenvalue weighted by Gasteiger charge is 2.31. The molecule has 0 saturated heterocycles. The van der Waals surface area contributed by atoms with Gasteiger partial charge in [-0.3, -0.25) is 4.79 Å². The maximum absolute atomic E-state index is 11.8. The maximum atomic E-state index is 11.8. The topological polar surface area (TPSA) is 157 Å². The number of hydrogen-bond acceptors (Lipinski definition) is 9. The predicted octanol–water partition coefficient (Wildman–Crippen LogP) is -0.950. The van der Waals surface area contributed by atoms with Gasteiger partial charge in [0, 0.05) is 17.1 Å². The molecule has 0 aliphatic heterocycles. The quantitative estimate of drug-likeness (QED) is 0.226. The first kappa shape index (κ1) is 19.7. The van der Waals surface area contributed by atoms with Crippen molar-refractivity contribution in [2.75, 3.05) is 11.9 Å². The van der Waals surface area contributed by atoms with Crippen LogP contribution in [0.1, 0.15) is 17.3 Å². The van der Waals surface area contributed by atoms with Gasteiger partial charge in [-0.25, -0.2) is 4.79 Å². The number of aliphatic hydroxyl groups is 4. The van der Waals surface area contributed by atoms with Crippen molar-refractivity contribution in [3.63, 3.8) is 0 Å². The third-order valence-corrected chi connectivity index (χ3v) is 3.89. The highest BCUT2D eigenvalue weighted by atomic mass is 16.4. The van der Waals surface area contributed by atoms with Crippen LogP contribution in [0.15, 0.2) is 33.5 Å². The summed E-state index contributed by atoms with van der Waals surface area (Å²) in [5.41, 5.74) is -0.436. The largest absolute Gasteiger partial charge is 0.422 e. The lowest BCUT2D eigenvalue weighted by molar-refractivity contribution is -0.117. The molecule has 1 heterocycles. The molecule has 2 rings (SSSR count). The van der Waals surface area contributed by atoms with Crippen molar-refractivity contribution < 1.29 is 34.4 Å². The molecule has 9 nitrogen and oxygen atoms in total. The third kappa shape index (κ3) is 4.14. The van der Waals surface area contributed by atoms with E-state index in [1.165, 1.54) is 25.1 Å². The SMILES string of the molecule is CC(=O)c1cc2ccc(N[C@@H](C=O)[C@@H](O)[C@H](O)[C@H](O)CO)cc2oc1=O. The molecule has 0 fully saturated rings. The van der Waals surface area contributed by atoms with Crippen molar-refractivity contribution >= 4 is 28.7 Å². The van der Waals surface area contributed by atoms with Gasteiger partial charge in [-0.1, -0.05) is 0 Å². The van der Waals surface area contributed by atoms with Crippen molar-refractivity contribution in [2.24, 2.45) is 0 Å². The third-order valence-electron chi connectivity index (χ3n) is 3.89. The number of nitrogens with one attached hydrogen (secondary N) is 1. The number of hydrogen-bond donors (Lipinski definition) is 5. The van der Waals surface area contributed by atoms with Gasteiger partial charge >= 0.3 is 5.63 Å². The van der Waals surface area contributed by atoms with Crippen molar-refractivity contribution in [3.05, 3.63) is 40.2 Å². The van der Waals surface area contributed by atoms with E-state index < -0.39 is 42.4 Å². The normalized spacial score (nSPS) is 15.9. The van der Waals surface area contributed by atoms with E-state index in [1.54, 1.807) is 6.07 Å². The fraction of sp³-hybridized carbons (Fsp3) is 0.353. The molecule has 9 heteroatoms. The summed E-state index contributed by atoms with van der Waals surface area (Å²) in [5.74, 6) is -0.427. The Morgan fingerprint density at radius 3 is 2.50 bits per heavy atom. The molecule has 2 aromatic rings. The van der Waals surface area contributed by atoms with Gasteiger partial charge in [0.05, 0.1) is 6.61 Å². The number of fused-ring (bicyclic) bond motifs is 1. The number of rotatable bonds is 8. The number of carbonyl (C=O) groups excluding carboxylic acids is 2. The number of ketones is 1. The summed E-state index contributed by atoms with van der Waals surface area (Å²) in [7, 11) is 0. The second-order valence-electron chi connectivity index (χ2n) is 5.79. The minimum absolute atomic E-state index is 0.0829. The average Bonchev–Trinajstić information content (AvgIpc) is 2.63. The van der Waals surface area contributed by atoms with Crippen LogP contribution in [0, 0.1) is 0 Å². The van der Waals surface area contributed by atoms with Crippen LogP contribution in [-0.2, 0) is 4.79 Å². The molecule has 0 radical (unpaired) electrons. The van der Waals surface area contributed by atoms with Crippen LogP contribution < -0.4 is 10.9 Å². The van der Waals surface area contributed by atoms with Gasteiger partial charge in [0.25, 0.3) is 0 Å². The minimum atomic E-state index is -1.75. The summed E-state index contributed by atoms with van der Waals surface area (Å²) in [6, 6.07) is 4.54. The second-order valence-corrected chi connectivity index (χ2v) is 5.79. The van der Waals surface area contributed by atoms with Gasteiger partial charge in [-0.15, -0.1) is 0 Å². The van der Waals surface area contributed by atoms with Crippen LogP contribution in [0.4, 0.5) is 5.69 Å². The number of aliphatic hydroxyl groups excluding tert-OH is 4. The molecule has 0 aliphatic rings. The Hall–Kier alpha value is -2.59. The summed E-state index contributed by atoms with van der Waals surface area (Å²) >= 11 is 0. The van der Waals surface area contributed by atoms with Crippen molar-refractivity contribution in [1.29, 1.82) is 0 Å². The lowest BCUT2D eigenvalue weighted by Gasteiger charge is -2.26. The molecule has 4 atom stereocenters. The van der Waals surface area contributed by atoms with Gasteiger partial charge in [-0.05, 0) is 25.1 Å². The summed E-state index contributed by atoms with van der Waals surface area (Å²) in [4.78, 5) is 34.4. The first-order valence-corrected chi connectivity index (χ1v) is 7.74. The number of carbonyl (C=O) groups is 2. The Bertz CT molecular complexity index is 861. The zero-order chi connectivity index (χ0) is 19.4. The molecular formula is C17H19NO8. The lowest BCUT2D eigenvalue weighted by Crippen LogP contribution is -2.49. The highest BCUT2D eigenvalue weighted by molar-refractivity contribution is 5.96. The van der Waals surface area contributed by atoms with Crippen molar-refractivity contribution in [1.82, 2.24) is 0 Å². The Balaban J connectivity index is 2.29. The summed E-state index contributed by atoms with van der Waals surface area (Å²) in [6.07, 6.45) is -4.73. The van der Waals surface area contributed by atoms with E-state index in [-0.39, 0.29) is 16.8 Å². The summed E-state index contributed by atoms with van der Waals surface area (Å²) < 4.78 is 5.08. The van der Waals surface area contributed by atoms with E-state index >= 15 is 0 Å². The molecule has 0 amide bonds. The number of aldehydes is 1. The van der Waals surface area contributed by atoms with E-state index in [4.69, 9.17) is 9.52 Å². The van der Waals surface area contributed by atoms with Crippen LogP contribution in [0.25, 0.3) is 11.0 Å². The van der Waals surface area contributed by atoms with Crippen LogP contribution in [0.5, 0.6) is 0 Å². The molecule has 0 bridgehead atoms. The van der Waals surface area contributed by atoms with E-state index in [0.717, 1.165) is 0 Å². The lowest BCUT2D eigenvalue weighted by atomic mass is 10.0. The fourth-order valence-corrected chi connectivity index (χ4v) is 2.39. The molecule has 0 saturated carbocycles. The van der Waals surface area contributed by atoms with Gasteiger partial charge < -0.3 is 35.0 Å². The Morgan fingerprint density at radius 2 is 1.92 bits per heavy atom. The zero-order valence-corrected chi connectivity index (χ0v) is 13.8. The molecule has 5 N–H and O–H groups in total. The van der Waals surface area contributed by atoms with Crippen LogP contribution in [-0.4, -0.2) is 63.5 Å². The first-order valence-electron chi connectivity index (χ1n) is 7.74. The van der Waals surface area contributed by atoms with E-state index in [1.807, 2.05) is 0 Å². The van der Waals surface area contributed by atoms with Crippen molar-refractivity contribution in [3.8, 4) is 0 Å². The Morgan fingerprint density at radius 1 is 1.23 bits per heavy atom. The fourth-order valence-electron chi connectivity index (χ4n) is 2.39. The van der Waals surface area contributed by atoms with Crippen LogP contribution in [0.3, 0.4) is 0 Å². The monoisotopic (exact) mass is 365 g/mol. The van der Waals surface area contributed by atoms with E-state index in [2.05, 4.69) is 5.32 Å². The summed E-state index contributed by atoms with van der Waals surface area (Å²) in [6.45, 7) is 0.458. The van der Waals surface area contributed by atoms with Gasteiger partial charge in [0.15, 0.2) is 5.78 Å². The van der Waals surface area contributed by atoms with E-state index in [9.17, 15) is 29.7 Å². The molecule has 140 valence electrons. The molecule has 0 spiro atoms.